The molecule has 0 atom stereocenters. The number of benzene rings is 1. The van der Waals surface area contributed by atoms with Gasteiger partial charge in [-0.25, -0.2) is 0 Å². The SMILES string of the molecule is C=C1C=C=CC=c2cc/c(=C/C)c(C)c21. The first-order valence-electron chi connectivity index (χ1n) is 5.12. The zero-order valence-electron chi connectivity index (χ0n) is 9.17. The molecule has 74 valence electrons. The monoisotopic (exact) mass is 194 g/mol. The minimum absolute atomic E-state index is 1.04. The highest BCUT2D eigenvalue weighted by molar-refractivity contribution is 5.76. The largest absolute Gasteiger partial charge is 0.120 e. The van der Waals surface area contributed by atoms with E-state index in [0.29, 0.717) is 0 Å². The fraction of sp³-hybridized carbons (Fsp3) is 0.133. The minimum atomic E-state index is 1.04. The van der Waals surface area contributed by atoms with Gasteiger partial charge in [-0.05, 0) is 59.2 Å². The molecule has 0 nitrogen and oxygen atoms in total. The molecule has 0 N–H and O–H groups in total. The molecule has 0 heteroatoms. The Labute approximate surface area is 90.3 Å². The van der Waals surface area contributed by atoms with Crippen molar-refractivity contribution in [3.8, 4) is 0 Å². The van der Waals surface area contributed by atoms with Crippen molar-refractivity contribution in [1.29, 1.82) is 0 Å². The Morgan fingerprint density at radius 3 is 2.87 bits per heavy atom. The maximum Gasteiger partial charge on any atom is -0.00758 e. The van der Waals surface area contributed by atoms with Gasteiger partial charge >= 0.3 is 0 Å². The maximum absolute atomic E-state index is 4.08. The Hall–Kier alpha value is -1.78. The summed E-state index contributed by atoms with van der Waals surface area (Å²) in [6.45, 7) is 8.29. The highest BCUT2D eigenvalue weighted by Crippen LogP contribution is 2.12. The molecular weight excluding hydrogens is 180 g/mol. The molecule has 1 aliphatic carbocycles. The Kier molecular flexibility index (Phi) is 2.45. The average molecular weight is 194 g/mol. The van der Waals surface area contributed by atoms with Gasteiger partial charge in [-0.3, -0.25) is 0 Å². The summed E-state index contributed by atoms with van der Waals surface area (Å²) in [6, 6.07) is 4.29. The van der Waals surface area contributed by atoms with Gasteiger partial charge < -0.3 is 0 Å². The molecule has 0 amide bonds. The van der Waals surface area contributed by atoms with Crippen molar-refractivity contribution in [2.75, 3.05) is 0 Å². The Morgan fingerprint density at radius 2 is 2.13 bits per heavy atom. The van der Waals surface area contributed by atoms with Gasteiger partial charge in [0.15, 0.2) is 0 Å². The lowest BCUT2D eigenvalue weighted by Gasteiger charge is -2.06. The number of rotatable bonds is 0. The zero-order valence-corrected chi connectivity index (χ0v) is 9.17. The molecule has 1 aliphatic rings. The molecule has 15 heavy (non-hydrogen) atoms. The van der Waals surface area contributed by atoms with Gasteiger partial charge in [0.25, 0.3) is 0 Å². The number of fused-ring (bicyclic) bond motifs is 1. The van der Waals surface area contributed by atoms with E-state index in [1.54, 1.807) is 0 Å². The molecule has 2 rings (SSSR count). The molecule has 0 radical (unpaired) electrons. The summed E-state index contributed by atoms with van der Waals surface area (Å²) in [7, 11) is 0. The van der Waals surface area contributed by atoms with Gasteiger partial charge in [0.05, 0.1) is 0 Å². The third kappa shape index (κ3) is 1.60. The van der Waals surface area contributed by atoms with E-state index in [9.17, 15) is 0 Å². The fourth-order valence-corrected chi connectivity index (χ4v) is 1.99. The lowest BCUT2D eigenvalue weighted by molar-refractivity contribution is 1.34. The van der Waals surface area contributed by atoms with E-state index in [1.165, 1.54) is 21.6 Å². The summed E-state index contributed by atoms with van der Waals surface area (Å²) in [4.78, 5) is 0. The summed E-state index contributed by atoms with van der Waals surface area (Å²) in [5.74, 6) is 0. The highest BCUT2D eigenvalue weighted by atomic mass is 14.1. The predicted molar refractivity (Wildman–Crippen MR) is 66.7 cm³/mol. The van der Waals surface area contributed by atoms with Gasteiger partial charge in [-0.1, -0.05) is 24.8 Å². The molecule has 0 fully saturated rings. The van der Waals surface area contributed by atoms with Gasteiger partial charge in [0, 0.05) is 0 Å². The van der Waals surface area contributed by atoms with Crippen LogP contribution in [-0.2, 0) is 0 Å². The molecule has 0 spiro atoms. The van der Waals surface area contributed by atoms with E-state index < -0.39 is 0 Å². The Balaban J connectivity index is 2.92. The van der Waals surface area contributed by atoms with Gasteiger partial charge in [-0.2, -0.15) is 0 Å². The van der Waals surface area contributed by atoms with Crippen molar-refractivity contribution < 1.29 is 0 Å². The van der Waals surface area contributed by atoms with Crippen LogP contribution in [0, 0.1) is 6.92 Å². The summed E-state index contributed by atoms with van der Waals surface area (Å²) in [5.41, 5.74) is 6.67. The topological polar surface area (TPSA) is 0 Å². The molecule has 1 aromatic rings. The van der Waals surface area contributed by atoms with Crippen LogP contribution in [0.4, 0.5) is 0 Å². The van der Waals surface area contributed by atoms with Crippen LogP contribution in [0.3, 0.4) is 0 Å². The van der Waals surface area contributed by atoms with Crippen LogP contribution >= 0.6 is 0 Å². The van der Waals surface area contributed by atoms with E-state index in [1.807, 2.05) is 12.2 Å². The molecule has 0 saturated carbocycles. The molecular formula is C15H14. The summed E-state index contributed by atoms with van der Waals surface area (Å²) >= 11 is 0. The quantitative estimate of drug-likeness (QED) is 0.556. The van der Waals surface area contributed by atoms with Gasteiger partial charge in [-0.15, -0.1) is 5.73 Å². The fourth-order valence-electron chi connectivity index (χ4n) is 1.99. The van der Waals surface area contributed by atoms with Gasteiger partial charge in [0.2, 0.25) is 0 Å². The standard InChI is InChI=1S/C15H14/c1-4-13-9-10-14-8-6-5-7-11(2)15(14)12(13)3/h4,6-10H,2H2,1,3H3/b13-4-. The van der Waals surface area contributed by atoms with E-state index in [-0.39, 0.29) is 0 Å². The molecule has 0 saturated heterocycles. The molecule has 0 heterocycles. The van der Waals surface area contributed by atoms with E-state index in [4.69, 9.17) is 0 Å². The Morgan fingerprint density at radius 1 is 1.33 bits per heavy atom. The summed E-state index contributed by atoms with van der Waals surface area (Å²) < 4.78 is 0. The lowest BCUT2D eigenvalue weighted by atomic mass is 9.97. The normalized spacial score (nSPS) is 14.8. The minimum Gasteiger partial charge on any atom is -0.120 e. The van der Waals surface area contributed by atoms with E-state index in [0.717, 1.165) is 5.57 Å². The number of hydrogen-bond donors (Lipinski definition) is 0. The second kappa shape index (κ2) is 3.76. The summed E-state index contributed by atoms with van der Waals surface area (Å²) in [6.07, 6.45) is 8.09. The molecule has 0 bridgehead atoms. The van der Waals surface area contributed by atoms with Crippen molar-refractivity contribution in [2.24, 2.45) is 0 Å². The summed E-state index contributed by atoms with van der Waals surface area (Å²) in [5, 5.41) is 2.50. The zero-order chi connectivity index (χ0) is 10.8. The average Bonchev–Trinajstić information content (AvgIpc) is 2.41. The van der Waals surface area contributed by atoms with Crippen LogP contribution in [0.25, 0.3) is 17.7 Å². The first kappa shape index (κ1) is 9.76. The third-order valence-electron chi connectivity index (χ3n) is 2.79. The van der Waals surface area contributed by atoms with Crippen LogP contribution < -0.4 is 10.4 Å². The van der Waals surface area contributed by atoms with Crippen LogP contribution in [0.15, 0.2) is 36.6 Å². The first-order chi connectivity index (χ1) is 7.24. The van der Waals surface area contributed by atoms with Crippen LogP contribution in [0.5, 0.6) is 0 Å². The smallest absolute Gasteiger partial charge is 0.00758 e. The molecule has 0 aliphatic heterocycles. The van der Waals surface area contributed by atoms with Crippen molar-refractivity contribution in [3.05, 3.63) is 58.2 Å². The number of hydrogen-bond acceptors (Lipinski definition) is 0. The van der Waals surface area contributed by atoms with Gasteiger partial charge in [0.1, 0.15) is 0 Å². The maximum atomic E-state index is 4.08. The predicted octanol–water partition coefficient (Wildman–Crippen LogP) is 2.31. The molecule has 0 aromatic heterocycles. The highest BCUT2D eigenvalue weighted by Gasteiger charge is 2.04. The molecule has 0 unspecified atom stereocenters. The van der Waals surface area contributed by atoms with Crippen molar-refractivity contribution in [2.45, 2.75) is 13.8 Å². The van der Waals surface area contributed by atoms with Crippen LogP contribution in [-0.4, -0.2) is 0 Å². The number of allylic oxidation sites excluding steroid dienone is 2. The van der Waals surface area contributed by atoms with Crippen LogP contribution in [0.2, 0.25) is 0 Å². The first-order valence-corrected chi connectivity index (χ1v) is 5.12. The van der Waals surface area contributed by atoms with Crippen molar-refractivity contribution in [1.82, 2.24) is 0 Å². The van der Waals surface area contributed by atoms with E-state index >= 15 is 0 Å². The van der Waals surface area contributed by atoms with E-state index in [2.05, 4.69) is 50.4 Å². The van der Waals surface area contributed by atoms with Crippen molar-refractivity contribution in [3.63, 3.8) is 0 Å². The second-order valence-corrected chi connectivity index (χ2v) is 3.70. The second-order valence-electron chi connectivity index (χ2n) is 3.70. The van der Waals surface area contributed by atoms with Crippen molar-refractivity contribution >= 4 is 17.7 Å². The lowest BCUT2D eigenvalue weighted by Crippen LogP contribution is -2.18. The van der Waals surface area contributed by atoms with Crippen LogP contribution in [0.1, 0.15) is 18.1 Å². The third-order valence-corrected chi connectivity index (χ3v) is 2.79. The molecule has 1 aromatic carbocycles. The Bertz CT molecular complexity index is 592.